The third-order valence-corrected chi connectivity index (χ3v) is 3.98. The maximum Gasteiger partial charge on any atom is 0.126 e. The molecule has 3 nitrogen and oxygen atoms in total. The van der Waals surface area contributed by atoms with Crippen LogP contribution in [0, 0.1) is 5.41 Å². The van der Waals surface area contributed by atoms with Crippen molar-refractivity contribution in [3.63, 3.8) is 0 Å². The molecule has 1 heterocycles. The number of hydrogen-bond acceptors (Lipinski definition) is 2. The van der Waals surface area contributed by atoms with Gasteiger partial charge in [-0.3, -0.25) is 5.41 Å². The minimum absolute atomic E-state index is 0.0519. The van der Waals surface area contributed by atoms with E-state index in [1.807, 2.05) is 12.1 Å². The Morgan fingerprint density at radius 1 is 1.50 bits per heavy atom. The molecule has 0 amide bonds. The third-order valence-electron chi connectivity index (χ3n) is 3.67. The number of piperidine rings is 1. The maximum atomic E-state index is 7.73. The van der Waals surface area contributed by atoms with E-state index in [2.05, 4.69) is 11.8 Å². The standard InChI is InChI=1S/C14H20ClN3/c1-2-10-6-3-4-9-18(10)12-8-5-7-11(15)13(12)14(16)17/h5,7-8,10H,2-4,6,9H2,1H3,(H3,16,17). The van der Waals surface area contributed by atoms with Crippen LogP contribution in [-0.4, -0.2) is 18.4 Å². The molecule has 1 atom stereocenters. The van der Waals surface area contributed by atoms with Crippen molar-refractivity contribution in [3.8, 4) is 0 Å². The molecule has 0 saturated carbocycles. The summed E-state index contributed by atoms with van der Waals surface area (Å²) in [6, 6.07) is 6.30. The molecule has 1 unspecified atom stereocenters. The van der Waals surface area contributed by atoms with E-state index in [0.29, 0.717) is 16.6 Å². The van der Waals surface area contributed by atoms with E-state index >= 15 is 0 Å². The van der Waals surface area contributed by atoms with E-state index < -0.39 is 0 Å². The number of hydrogen-bond donors (Lipinski definition) is 2. The molecule has 0 aromatic heterocycles. The van der Waals surface area contributed by atoms with Crippen LogP contribution in [0.2, 0.25) is 5.02 Å². The van der Waals surface area contributed by atoms with Gasteiger partial charge in [0, 0.05) is 18.3 Å². The van der Waals surface area contributed by atoms with Crippen molar-refractivity contribution in [2.75, 3.05) is 11.4 Å². The van der Waals surface area contributed by atoms with Crippen LogP contribution in [0.15, 0.2) is 18.2 Å². The summed E-state index contributed by atoms with van der Waals surface area (Å²) >= 11 is 6.19. The van der Waals surface area contributed by atoms with Gasteiger partial charge < -0.3 is 10.6 Å². The molecular weight excluding hydrogens is 246 g/mol. The van der Waals surface area contributed by atoms with Crippen molar-refractivity contribution in [2.24, 2.45) is 5.73 Å². The van der Waals surface area contributed by atoms with Crippen LogP contribution in [-0.2, 0) is 0 Å². The van der Waals surface area contributed by atoms with Gasteiger partial charge in [0.15, 0.2) is 0 Å². The third kappa shape index (κ3) is 2.46. The van der Waals surface area contributed by atoms with Crippen LogP contribution in [0.1, 0.15) is 38.2 Å². The zero-order valence-corrected chi connectivity index (χ0v) is 11.5. The monoisotopic (exact) mass is 265 g/mol. The van der Waals surface area contributed by atoms with Crippen LogP contribution in [0.5, 0.6) is 0 Å². The predicted molar refractivity (Wildman–Crippen MR) is 77.7 cm³/mol. The first-order chi connectivity index (χ1) is 8.65. The number of rotatable bonds is 3. The molecule has 1 aliphatic heterocycles. The van der Waals surface area contributed by atoms with Gasteiger partial charge in [0.05, 0.1) is 10.6 Å². The van der Waals surface area contributed by atoms with Gasteiger partial charge in [-0.25, -0.2) is 0 Å². The van der Waals surface area contributed by atoms with Crippen molar-refractivity contribution in [1.82, 2.24) is 0 Å². The zero-order chi connectivity index (χ0) is 13.1. The SMILES string of the molecule is CCC1CCCCN1c1cccc(Cl)c1C(=N)N. The number of nitrogens with one attached hydrogen (secondary N) is 1. The number of nitrogen functional groups attached to an aromatic ring is 1. The van der Waals surface area contributed by atoms with Crippen molar-refractivity contribution < 1.29 is 0 Å². The Bertz CT molecular complexity index is 445. The number of halogens is 1. The smallest absolute Gasteiger partial charge is 0.126 e. The van der Waals surface area contributed by atoms with Gasteiger partial charge in [-0.1, -0.05) is 24.6 Å². The molecule has 0 aliphatic carbocycles. The van der Waals surface area contributed by atoms with Gasteiger partial charge in [0.25, 0.3) is 0 Å². The second-order valence-corrected chi connectivity index (χ2v) is 5.21. The van der Waals surface area contributed by atoms with E-state index in [1.165, 1.54) is 19.3 Å². The first kappa shape index (κ1) is 13.2. The highest BCUT2D eigenvalue weighted by atomic mass is 35.5. The highest BCUT2D eigenvalue weighted by Crippen LogP contribution is 2.32. The predicted octanol–water partition coefficient (Wildman–Crippen LogP) is 3.39. The van der Waals surface area contributed by atoms with Gasteiger partial charge in [-0.05, 0) is 37.8 Å². The minimum atomic E-state index is 0.0519. The summed E-state index contributed by atoms with van der Waals surface area (Å²) < 4.78 is 0. The summed E-state index contributed by atoms with van der Waals surface area (Å²) in [5.41, 5.74) is 7.38. The van der Waals surface area contributed by atoms with Crippen LogP contribution >= 0.6 is 11.6 Å². The molecule has 3 N–H and O–H groups in total. The quantitative estimate of drug-likeness (QED) is 0.650. The number of nitrogens with two attached hydrogens (primary N) is 1. The molecule has 4 heteroatoms. The van der Waals surface area contributed by atoms with E-state index in [0.717, 1.165) is 18.7 Å². The highest BCUT2D eigenvalue weighted by molar-refractivity contribution is 6.34. The Morgan fingerprint density at radius 2 is 2.28 bits per heavy atom. The summed E-state index contributed by atoms with van der Waals surface area (Å²) in [6.07, 6.45) is 4.80. The lowest BCUT2D eigenvalue weighted by molar-refractivity contribution is 0.450. The fraction of sp³-hybridized carbons (Fsp3) is 0.500. The number of amidine groups is 1. The normalized spacial score (nSPS) is 19.9. The molecule has 0 spiro atoms. The molecule has 1 aromatic rings. The topological polar surface area (TPSA) is 53.1 Å². The van der Waals surface area contributed by atoms with Gasteiger partial charge in [-0.15, -0.1) is 0 Å². The minimum Gasteiger partial charge on any atom is -0.384 e. The van der Waals surface area contributed by atoms with Crippen LogP contribution in [0.3, 0.4) is 0 Å². The maximum absolute atomic E-state index is 7.73. The Balaban J connectivity index is 2.42. The molecule has 1 aliphatic rings. The summed E-state index contributed by atoms with van der Waals surface area (Å²) in [5.74, 6) is 0.0519. The number of benzene rings is 1. The van der Waals surface area contributed by atoms with E-state index in [9.17, 15) is 0 Å². The second-order valence-electron chi connectivity index (χ2n) is 4.80. The fourth-order valence-electron chi connectivity index (χ4n) is 2.76. The lowest BCUT2D eigenvalue weighted by Crippen LogP contribution is -2.40. The number of anilines is 1. The van der Waals surface area contributed by atoms with Gasteiger partial charge in [-0.2, -0.15) is 0 Å². The largest absolute Gasteiger partial charge is 0.384 e. The molecule has 1 fully saturated rings. The zero-order valence-electron chi connectivity index (χ0n) is 10.7. The first-order valence-corrected chi connectivity index (χ1v) is 6.92. The van der Waals surface area contributed by atoms with Gasteiger partial charge in [0.2, 0.25) is 0 Å². The summed E-state index contributed by atoms with van der Waals surface area (Å²) in [7, 11) is 0. The second kappa shape index (κ2) is 5.61. The van der Waals surface area contributed by atoms with E-state index in [1.54, 1.807) is 6.07 Å². The van der Waals surface area contributed by atoms with Crippen molar-refractivity contribution in [2.45, 2.75) is 38.6 Å². The lowest BCUT2D eigenvalue weighted by atomic mass is 9.97. The van der Waals surface area contributed by atoms with Crippen molar-refractivity contribution in [1.29, 1.82) is 5.41 Å². The summed E-state index contributed by atoms with van der Waals surface area (Å²) in [4.78, 5) is 2.37. The molecule has 2 rings (SSSR count). The summed E-state index contributed by atoms with van der Waals surface area (Å²) in [6.45, 7) is 3.24. The van der Waals surface area contributed by atoms with Crippen LogP contribution in [0.4, 0.5) is 5.69 Å². The average Bonchev–Trinajstić information content (AvgIpc) is 2.38. The molecule has 0 radical (unpaired) electrons. The molecular formula is C14H20ClN3. The highest BCUT2D eigenvalue weighted by Gasteiger charge is 2.24. The molecule has 1 saturated heterocycles. The van der Waals surface area contributed by atoms with Gasteiger partial charge in [0.1, 0.15) is 5.84 Å². The van der Waals surface area contributed by atoms with Crippen LogP contribution in [0.25, 0.3) is 0 Å². The Hall–Kier alpha value is -1.22. The molecule has 18 heavy (non-hydrogen) atoms. The Kier molecular flexibility index (Phi) is 4.12. The number of nitrogens with zero attached hydrogens (tertiary/aromatic N) is 1. The van der Waals surface area contributed by atoms with Crippen molar-refractivity contribution in [3.05, 3.63) is 28.8 Å². The lowest BCUT2D eigenvalue weighted by Gasteiger charge is -2.38. The van der Waals surface area contributed by atoms with Crippen molar-refractivity contribution >= 4 is 23.1 Å². The van der Waals surface area contributed by atoms with Crippen LogP contribution < -0.4 is 10.6 Å². The Morgan fingerprint density at radius 3 is 2.94 bits per heavy atom. The molecule has 1 aromatic carbocycles. The average molecular weight is 266 g/mol. The molecule has 98 valence electrons. The van der Waals surface area contributed by atoms with E-state index in [4.69, 9.17) is 22.7 Å². The first-order valence-electron chi connectivity index (χ1n) is 6.54. The van der Waals surface area contributed by atoms with Gasteiger partial charge >= 0.3 is 0 Å². The fourth-order valence-corrected chi connectivity index (χ4v) is 3.03. The Labute approximate surface area is 113 Å². The summed E-state index contributed by atoms with van der Waals surface area (Å²) in [5, 5.41) is 8.30. The van der Waals surface area contributed by atoms with E-state index in [-0.39, 0.29) is 5.84 Å². The molecule has 0 bridgehead atoms.